The number of hydrogen-bond acceptors (Lipinski definition) is 4. The maximum absolute atomic E-state index is 13.4. The summed E-state index contributed by atoms with van der Waals surface area (Å²) in [5, 5.41) is 0.491. The van der Waals surface area contributed by atoms with Gasteiger partial charge in [0.2, 0.25) is 5.76 Å². The van der Waals surface area contributed by atoms with Gasteiger partial charge in [0.15, 0.2) is 5.43 Å². The summed E-state index contributed by atoms with van der Waals surface area (Å²) in [5.41, 5.74) is 3.74. The Labute approximate surface area is 173 Å². The number of carbonyl (C=O) groups is 1. The van der Waals surface area contributed by atoms with E-state index in [2.05, 4.69) is 11.9 Å². The second-order valence-electron chi connectivity index (χ2n) is 7.46. The molecule has 1 aliphatic rings. The van der Waals surface area contributed by atoms with Gasteiger partial charge in [-0.3, -0.25) is 14.6 Å². The number of para-hydroxylation sites is 1. The normalized spacial score (nSPS) is 15.6. The third-order valence-electron chi connectivity index (χ3n) is 5.68. The molecule has 2 aromatic heterocycles. The number of pyridine rings is 1. The predicted octanol–water partition coefficient (Wildman–Crippen LogP) is 4.50. The smallest absolute Gasteiger partial charge is 0.291 e. The number of benzene rings is 2. The molecule has 0 saturated heterocycles. The summed E-state index contributed by atoms with van der Waals surface area (Å²) < 4.78 is 5.96. The Morgan fingerprint density at radius 3 is 2.40 bits per heavy atom. The summed E-state index contributed by atoms with van der Waals surface area (Å²) in [7, 11) is 0. The molecule has 0 spiro atoms. The first kappa shape index (κ1) is 18.3. The molecule has 5 nitrogen and oxygen atoms in total. The van der Waals surface area contributed by atoms with Crippen LogP contribution in [0.1, 0.15) is 45.8 Å². The molecule has 1 atom stereocenters. The number of rotatable bonds is 4. The van der Waals surface area contributed by atoms with E-state index in [-0.39, 0.29) is 17.1 Å². The molecule has 3 heterocycles. The van der Waals surface area contributed by atoms with E-state index in [1.165, 1.54) is 5.56 Å². The van der Waals surface area contributed by atoms with Gasteiger partial charge in [0.25, 0.3) is 5.91 Å². The highest BCUT2D eigenvalue weighted by atomic mass is 16.3. The van der Waals surface area contributed by atoms with Gasteiger partial charge in [-0.25, -0.2) is 0 Å². The van der Waals surface area contributed by atoms with Crippen molar-refractivity contribution in [3.8, 4) is 0 Å². The summed E-state index contributed by atoms with van der Waals surface area (Å²) in [5.74, 6) is -0.133. The number of aromatic nitrogens is 1. The molecule has 2 aromatic carbocycles. The molecule has 0 radical (unpaired) electrons. The van der Waals surface area contributed by atoms with Crippen molar-refractivity contribution in [3.63, 3.8) is 0 Å². The van der Waals surface area contributed by atoms with Gasteiger partial charge >= 0.3 is 0 Å². The van der Waals surface area contributed by atoms with Crippen molar-refractivity contribution in [2.75, 3.05) is 0 Å². The molecule has 0 fully saturated rings. The lowest BCUT2D eigenvalue weighted by Crippen LogP contribution is -2.29. The molecular formula is C25H20N2O3. The van der Waals surface area contributed by atoms with Crippen LogP contribution in [0.3, 0.4) is 0 Å². The van der Waals surface area contributed by atoms with Gasteiger partial charge in [-0.15, -0.1) is 0 Å². The van der Waals surface area contributed by atoms with Crippen LogP contribution in [0.25, 0.3) is 11.0 Å². The maximum atomic E-state index is 13.4. The molecule has 0 bridgehead atoms. The first-order chi connectivity index (χ1) is 14.7. The lowest BCUT2D eigenvalue weighted by Gasteiger charge is -2.25. The Morgan fingerprint density at radius 1 is 0.933 bits per heavy atom. The van der Waals surface area contributed by atoms with Crippen molar-refractivity contribution in [2.24, 2.45) is 0 Å². The van der Waals surface area contributed by atoms with Gasteiger partial charge in [-0.05, 0) is 47.4 Å². The van der Waals surface area contributed by atoms with E-state index in [0.29, 0.717) is 23.1 Å². The predicted molar refractivity (Wildman–Crippen MR) is 114 cm³/mol. The molecule has 0 saturated carbocycles. The van der Waals surface area contributed by atoms with E-state index < -0.39 is 6.04 Å². The molecular weight excluding hydrogens is 376 g/mol. The Bertz CT molecular complexity index is 1290. The molecule has 0 N–H and O–H groups in total. The van der Waals surface area contributed by atoms with Crippen molar-refractivity contribution in [1.29, 1.82) is 0 Å². The van der Waals surface area contributed by atoms with Crippen LogP contribution in [0.4, 0.5) is 0 Å². The van der Waals surface area contributed by atoms with E-state index in [9.17, 15) is 9.59 Å². The Kier molecular flexibility index (Phi) is 4.43. The van der Waals surface area contributed by atoms with E-state index >= 15 is 0 Å². The Balaban J connectivity index is 1.71. The van der Waals surface area contributed by atoms with Gasteiger partial charge in [-0.1, -0.05) is 43.3 Å². The summed E-state index contributed by atoms with van der Waals surface area (Å²) in [4.78, 5) is 32.6. The number of fused-ring (bicyclic) bond motifs is 2. The van der Waals surface area contributed by atoms with E-state index in [1.807, 2.05) is 42.5 Å². The van der Waals surface area contributed by atoms with Crippen LogP contribution >= 0.6 is 0 Å². The average molecular weight is 396 g/mol. The number of hydrogen-bond donors (Lipinski definition) is 0. The van der Waals surface area contributed by atoms with Gasteiger partial charge in [0.1, 0.15) is 5.58 Å². The third kappa shape index (κ3) is 2.90. The second kappa shape index (κ2) is 7.26. The minimum atomic E-state index is -0.493. The van der Waals surface area contributed by atoms with Crippen molar-refractivity contribution in [1.82, 2.24) is 9.88 Å². The Hall–Kier alpha value is -3.73. The van der Waals surface area contributed by atoms with Crippen LogP contribution in [-0.4, -0.2) is 15.8 Å². The van der Waals surface area contributed by atoms with Crippen LogP contribution in [0.2, 0.25) is 0 Å². The number of nitrogens with zero attached hydrogens (tertiary/aromatic N) is 2. The van der Waals surface area contributed by atoms with Gasteiger partial charge in [0, 0.05) is 18.9 Å². The quantitative estimate of drug-likeness (QED) is 0.510. The highest BCUT2D eigenvalue weighted by Gasteiger charge is 2.42. The van der Waals surface area contributed by atoms with Crippen LogP contribution in [-0.2, 0) is 13.0 Å². The monoisotopic (exact) mass is 396 g/mol. The minimum Gasteiger partial charge on any atom is -0.450 e. The summed E-state index contributed by atoms with van der Waals surface area (Å²) in [6.07, 6.45) is 4.32. The molecule has 148 valence electrons. The molecule has 1 aliphatic heterocycles. The van der Waals surface area contributed by atoms with Gasteiger partial charge in [-0.2, -0.15) is 0 Å². The summed E-state index contributed by atoms with van der Waals surface area (Å²) >= 11 is 0. The molecule has 0 aliphatic carbocycles. The number of carbonyl (C=O) groups excluding carboxylic acids is 1. The summed E-state index contributed by atoms with van der Waals surface area (Å²) in [6.45, 7) is 2.46. The fraction of sp³-hybridized carbons (Fsp3) is 0.160. The molecule has 5 rings (SSSR count). The molecule has 1 unspecified atom stereocenters. The fourth-order valence-corrected chi connectivity index (χ4v) is 4.10. The zero-order valence-electron chi connectivity index (χ0n) is 16.5. The van der Waals surface area contributed by atoms with E-state index in [4.69, 9.17) is 4.42 Å². The van der Waals surface area contributed by atoms with Crippen molar-refractivity contribution in [3.05, 3.63) is 111 Å². The summed E-state index contributed by atoms with van der Waals surface area (Å²) in [6, 6.07) is 18.4. The average Bonchev–Trinajstić information content (AvgIpc) is 3.06. The largest absolute Gasteiger partial charge is 0.450 e. The topological polar surface area (TPSA) is 63.4 Å². The van der Waals surface area contributed by atoms with Crippen molar-refractivity contribution < 1.29 is 9.21 Å². The molecule has 30 heavy (non-hydrogen) atoms. The van der Waals surface area contributed by atoms with E-state index in [0.717, 1.165) is 17.5 Å². The second-order valence-corrected chi connectivity index (χ2v) is 7.46. The lowest BCUT2D eigenvalue weighted by molar-refractivity contribution is 0.0714. The highest BCUT2D eigenvalue weighted by molar-refractivity contribution is 5.99. The maximum Gasteiger partial charge on any atom is 0.291 e. The van der Waals surface area contributed by atoms with Crippen LogP contribution < -0.4 is 5.43 Å². The third-order valence-corrected chi connectivity index (χ3v) is 5.68. The van der Waals surface area contributed by atoms with E-state index in [1.54, 1.807) is 35.5 Å². The number of amides is 1. The number of aryl methyl sites for hydroxylation is 1. The van der Waals surface area contributed by atoms with Crippen molar-refractivity contribution >= 4 is 16.9 Å². The SMILES string of the molecule is CCc1ccc(C2c3c(oc4ccccc4c3=O)C(=O)N2Cc2ccncc2)cc1. The van der Waals surface area contributed by atoms with Crippen molar-refractivity contribution in [2.45, 2.75) is 25.9 Å². The standard InChI is InChI=1S/C25H20N2O3/c1-2-16-7-9-18(10-8-16)22-21-23(28)19-5-3-4-6-20(19)30-24(21)25(29)27(22)15-17-11-13-26-14-12-17/h3-14,22H,2,15H2,1H3. The minimum absolute atomic E-state index is 0.136. The zero-order valence-corrected chi connectivity index (χ0v) is 16.5. The zero-order chi connectivity index (χ0) is 20.7. The van der Waals surface area contributed by atoms with Gasteiger partial charge in [0.05, 0.1) is 17.0 Å². The molecule has 5 heteroatoms. The first-order valence-corrected chi connectivity index (χ1v) is 10.0. The highest BCUT2D eigenvalue weighted by Crippen LogP contribution is 2.39. The first-order valence-electron chi connectivity index (χ1n) is 10.0. The van der Waals surface area contributed by atoms with Crippen LogP contribution in [0, 0.1) is 0 Å². The fourth-order valence-electron chi connectivity index (χ4n) is 4.10. The molecule has 4 aromatic rings. The molecule has 1 amide bonds. The van der Waals surface area contributed by atoms with Crippen LogP contribution in [0.15, 0.2) is 82.3 Å². The van der Waals surface area contributed by atoms with Crippen LogP contribution in [0.5, 0.6) is 0 Å². The Morgan fingerprint density at radius 2 is 1.67 bits per heavy atom. The van der Waals surface area contributed by atoms with Gasteiger partial charge < -0.3 is 9.32 Å². The lowest BCUT2D eigenvalue weighted by atomic mass is 9.97.